The Morgan fingerprint density at radius 3 is 2.08 bits per heavy atom. The molecule has 1 aromatic carbocycles. The molecule has 6 heteroatoms. The lowest BCUT2D eigenvalue weighted by Gasteiger charge is -2.13. The van der Waals surface area contributed by atoms with Crippen LogP contribution < -0.4 is 4.74 Å². The first-order chi connectivity index (χ1) is 11.4. The second-order valence-electron chi connectivity index (χ2n) is 5.49. The van der Waals surface area contributed by atoms with E-state index >= 15 is 0 Å². The number of methoxy groups -OCH3 is 1. The van der Waals surface area contributed by atoms with Gasteiger partial charge in [0, 0.05) is 0 Å². The fourth-order valence-electron chi connectivity index (χ4n) is 2.29. The van der Waals surface area contributed by atoms with Gasteiger partial charge in [0.1, 0.15) is 19.0 Å². The van der Waals surface area contributed by atoms with Gasteiger partial charge in [0.15, 0.2) is 0 Å². The molecule has 1 aromatic rings. The van der Waals surface area contributed by atoms with E-state index in [0.29, 0.717) is 19.8 Å². The number of rotatable bonds is 10. The van der Waals surface area contributed by atoms with E-state index in [4.69, 9.17) is 14.2 Å². The minimum atomic E-state index is -0.439. The molecule has 0 N–H and O–H groups in total. The molecule has 134 valence electrons. The fraction of sp³-hybridized carbons (Fsp3) is 0.556. The third kappa shape index (κ3) is 7.46. The molecule has 0 aromatic heterocycles. The van der Waals surface area contributed by atoms with Gasteiger partial charge in [-0.3, -0.25) is 9.59 Å². The van der Waals surface area contributed by atoms with Crippen molar-refractivity contribution in [1.29, 1.82) is 0 Å². The van der Waals surface area contributed by atoms with Gasteiger partial charge in [0.05, 0.1) is 33.2 Å². The summed E-state index contributed by atoms with van der Waals surface area (Å²) >= 11 is 0. The molecule has 0 unspecified atom stereocenters. The fourth-order valence-corrected chi connectivity index (χ4v) is 2.29. The van der Waals surface area contributed by atoms with Crippen LogP contribution in [0.3, 0.4) is 0 Å². The van der Waals surface area contributed by atoms with Crippen molar-refractivity contribution in [3.05, 3.63) is 28.8 Å². The Kier molecular flexibility index (Phi) is 8.86. The highest BCUT2D eigenvalue weighted by Crippen LogP contribution is 2.24. The summed E-state index contributed by atoms with van der Waals surface area (Å²) in [6.07, 6.45) is 0.0427. The average Bonchev–Trinajstić information content (AvgIpc) is 2.53. The zero-order valence-corrected chi connectivity index (χ0v) is 14.8. The average molecular weight is 338 g/mol. The maximum Gasteiger partial charge on any atom is 0.306 e. The zero-order chi connectivity index (χ0) is 17.9. The summed E-state index contributed by atoms with van der Waals surface area (Å²) in [6, 6.07) is 4.16. The largest absolute Gasteiger partial charge is 0.491 e. The molecule has 0 saturated heterocycles. The molecule has 0 radical (unpaired) electrons. The molecule has 0 heterocycles. The quantitative estimate of drug-likeness (QED) is 0.482. The van der Waals surface area contributed by atoms with E-state index in [1.165, 1.54) is 12.7 Å². The topological polar surface area (TPSA) is 71.1 Å². The Hall–Kier alpha value is -2.08. The van der Waals surface area contributed by atoms with Gasteiger partial charge < -0.3 is 18.9 Å². The van der Waals surface area contributed by atoms with Crippen LogP contribution >= 0.6 is 0 Å². The Morgan fingerprint density at radius 2 is 1.46 bits per heavy atom. The van der Waals surface area contributed by atoms with E-state index in [1.54, 1.807) is 0 Å². The van der Waals surface area contributed by atoms with Crippen LogP contribution in [0.4, 0.5) is 0 Å². The number of ether oxygens (including phenoxy) is 4. The van der Waals surface area contributed by atoms with E-state index in [0.717, 1.165) is 16.9 Å². The van der Waals surface area contributed by atoms with Crippen molar-refractivity contribution in [2.75, 3.05) is 33.5 Å². The molecule has 0 bridgehead atoms. The maximum absolute atomic E-state index is 11.3. The van der Waals surface area contributed by atoms with Crippen LogP contribution in [0, 0.1) is 20.8 Å². The van der Waals surface area contributed by atoms with Crippen molar-refractivity contribution < 1.29 is 28.5 Å². The first-order valence-corrected chi connectivity index (χ1v) is 7.95. The van der Waals surface area contributed by atoms with Crippen molar-refractivity contribution in [3.63, 3.8) is 0 Å². The van der Waals surface area contributed by atoms with Crippen LogP contribution in [-0.4, -0.2) is 45.5 Å². The first kappa shape index (κ1) is 20.0. The summed E-state index contributed by atoms with van der Waals surface area (Å²) in [6.45, 7) is 7.38. The van der Waals surface area contributed by atoms with E-state index in [-0.39, 0.29) is 19.4 Å². The number of carbonyl (C=O) groups excluding carboxylic acids is 2. The number of carbonyl (C=O) groups is 2. The number of aryl methyl sites for hydroxylation is 3. The predicted octanol–water partition coefficient (Wildman–Crippen LogP) is 2.50. The highest BCUT2D eigenvalue weighted by molar-refractivity contribution is 5.77. The van der Waals surface area contributed by atoms with Crippen LogP contribution in [0.1, 0.15) is 29.5 Å². The van der Waals surface area contributed by atoms with E-state index in [2.05, 4.69) is 23.8 Å². The van der Waals surface area contributed by atoms with Gasteiger partial charge in [-0.15, -0.1) is 0 Å². The third-order valence-electron chi connectivity index (χ3n) is 3.33. The van der Waals surface area contributed by atoms with Gasteiger partial charge in [0.25, 0.3) is 0 Å². The van der Waals surface area contributed by atoms with E-state index < -0.39 is 11.9 Å². The zero-order valence-electron chi connectivity index (χ0n) is 14.8. The number of benzene rings is 1. The van der Waals surface area contributed by atoms with Crippen LogP contribution in [0.15, 0.2) is 12.1 Å². The molecule has 24 heavy (non-hydrogen) atoms. The van der Waals surface area contributed by atoms with Gasteiger partial charge in [-0.2, -0.15) is 0 Å². The van der Waals surface area contributed by atoms with Crippen molar-refractivity contribution in [3.8, 4) is 5.75 Å². The minimum absolute atomic E-state index is 0.0156. The van der Waals surface area contributed by atoms with Gasteiger partial charge in [-0.25, -0.2) is 0 Å². The summed E-state index contributed by atoms with van der Waals surface area (Å²) in [7, 11) is 1.28. The molecule has 0 fully saturated rings. The third-order valence-corrected chi connectivity index (χ3v) is 3.33. The maximum atomic E-state index is 11.3. The molecular weight excluding hydrogens is 312 g/mol. The summed E-state index contributed by atoms with van der Waals surface area (Å²) in [5.74, 6) is 0.0200. The Bertz CT molecular complexity index is 529. The SMILES string of the molecule is COC(=O)CCC(=O)OCCOCCOc1c(C)cc(C)cc1C. The van der Waals surface area contributed by atoms with Crippen LogP contribution in [0.2, 0.25) is 0 Å². The summed E-state index contributed by atoms with van der Waals surface area (Å²) in [5, 5.41) is 0. The van der Waals surface area contributed by atoms with Crippen LogP contribution in [0.25, 0.3) is 0 Å². The number of hydrogen-bond donors (Lipinski definition) is 0. The van der Waals surface area contributed by atoms with Crippen LogP contribution in [-0.2, 0) is 23.8 Å². The molecular formula is C18H26O6. The molecule has 0 aliphatic heterocycles. The smallest absolute Gasteiger partial charge is 0.306 e. The Balaban J connectivity index is 2.11. The minimum Gasteiger partial charge on any atom is -0.491 e. The standard InChI is InChI=1S/C18H26O6/c1-13-11-14(2)18(15(3)12-13)24-10-8-22-7-9-23-17(20)6-5-16(19)21-4/h11-12H,5-10H2,1-4H3. The second kappa shape index (κ2) is 10.6. The Morgan fingerprint density at radius 1 is 0.875 bits per heavy atom. The number of hydrogen-bond acceptors (Lipinski definition) is 6. The Labute approximate surface area is 143 Å². The van der Waals surface area contributed by atoms with Crippen molar-refractivity contribution in [2.24, 2.45) is 0 Å². The van der Waals surface area contributed by atoms with Crippen molar-refractivity contribution >= 4 is 11.9 Å². The highest BCUT2D eigenvalue weighted by atomic mass is 16.6. The van der Waals surface area contributed by atoms with Gasteiger partial charge in [-0.1, -0.05) is 17.7 Å². The lowest BCUT2D eigenvalue weighted by Crippen LogP contribution is -2.15. The van der Waals surface area contributed by atoms with Crippen molar-refractivity contribution in [2.45, 2.75) is 33.6 Å². The highest BCUT2D eigenvalue weighted by Gasteiger charge is 2.08. The van der Waals surface area contributed by atoms with Gasteiger partial charge in [-0.05, 0) is 31.9 Å². The van der Waals surface area contributed by atoms with Crippen LogP contribution in [0.5, 0.6) is 5.75 Å². The molecule has 0 saturated carbocycles. The second-order valence-corrected chi connectivity index (χ2v) is 5.49. The molecule has 0 aliphatic rings. The van der Waals surface area contributed by atoms with Gasteiger partial charge in [0.2, 0.25) is 0 Å². The molecule has 6 nitrogen and oxygen atoms in total. The van der Waals surface area contributed by atoms with Crippen molar-refractivity contribution in [1.82, 2.24) is 0 Å². The summed E-state index contributed by atoms with van der Waals surface area (Å²) in [4.78, 5) is 22.2. The lowest BCUT2D eigenvalue weighted by molar-refractivity contribution is -0.149. The molecule has 0 atom stereocenters. The molecule has 0 spiro atoms. The summed E-state index contributed by atoms with van der Waals surface area (Å²) in [5.41, 5.74) is 3.42. The monoisotopic (exact) mass is 338 g/mol. The number of esters is 2. The van der Waals surface area contributed by atoms with E-state index in [9.17, 15) is 9.59 Å². The molecule has 1 rings (SSSR count). The molecule has 0 amide bonds. The first-order valence-electron chi connectivity index (χ1n) is 7.95. The lowest BCUT2D eigenvalue weighted by atomic mass is 10.1. The van der Waals surface area contributed by atoms with Gasteiger partial charge >= 0.3 is 11.9 Å². The summed E-state index contributed by atoms with van der Waals surface area (Å²) < 4.78 is 20.5. The molecule has 0 aliphatic carbocycles. The normalized spacial score (nSPS) is 10.3. The van der Waals surface area contributed by atoms with E-state index in [1.807, 2.05) is 13.8 Å². The predicted molar refractivity (Wildman–Crippen MR) is 89.2 cm³/mol.